The molecule has 0 bridgehead atoms. The van der Waals surface area contributed by atoms with E-state index in [1.807, 2.05) is 49.4 Å². The molecule has 0 spiro atoms. The molecule has 0 aliphatic carbocycles. The highest BCUT2D eigenvalue weighted by Gasteiger charge is 2.36. The minimum atomic E-state index is -0.499. The van der Waals surface area contributed by atoms with Crippen LogP contribution < -0.4 is 14.8 Å². The van der Waals surface area contributed by atoms with Crippen molar-refractivity contribution in [2.24, 2.45) is 0 Å². The number of nitrogens with one attached hydrogen (secondary N) is 1. The van der Waals surface area contributed by atoms with Crippen LogP contribution >= 0.6 is 11.8 Å². The number of benzene rings is 3. The number of carbonyl (C=O) groups is 3. The maximum Gasteiger partial charge on any atom is 0.294 e. The van der Waals surface area contributed by atoms with E-state index in [9.17, 15) is 14.4 Å². The van der Waals surface area contributed by atoms with Crippen LogP contribution in [0.5, 0.6) is 11.5 Å². The maximum atomic E-state index is 12.7. The molecule has 7 nitrogen and oxygen atoms in total. The molecule has 0 unspecified atom stereocenters. The molecular weight excluding hydrogens is 464 g/mol. The van der Waals surface area contributed by atoms with Crippen LogP contribution in [0.15, 0.2) is 83.8 Å². The first kappa shape index (κ1) is 24.1. The van der Waals surface area contributed by atoms with Crippen molar-refractivity contribution in [1.82, 2.24) is 4.90 Å². The van der Waals surface area contributed by atoms with Gasteiger partial charge in [0.05, 0.1) is 4.91 Å². The lowest BCUT2D eigenvalue weighted by atomic mass is 10.2. The van der Waals surface area contributed by atoms with Crippen molar-refractivity contribution < 1.29 is 23.9 Å². The van der Waals surface area contributed by atoms with E-state index in [-0.39, 0.29) is 11.4 Å². The van der Waals surface area contributed by atoms with Gasteiger partial charge in [-0.1, -0.05) is 48.0 Å². The van der Waals surface area contributed by atoms with E-state index in [0.717, 1.165) is 22.4 Å². The minimum Gasteiger partial charge on any atom is -0.490 e. The van der Waals surface area contributed by atoms with E-state index >= 15 is 0 Å². The van der Waals surface area contributed by atoms with Gasteiger partial charge in [0.25, 0.3) is 11.1 Å². The van der Waals surface area contributed by atoms with Gasteiger partial charge in [-0.05, 0) is 66.7 Å². The summed E-state index contributed by atoms with van der Waals surface area (Å²) in [6, 6.07) is 23.9. The Morgan fingerprint density at radius 3 is 2.37 bits per heavy atom. The second-order valence-corrected chi connectivity index (χ2v) is 8.76. The number of thioether (sulfide) groups is 1. The minimum absolute atomic E-state index is 0.252. The molecule has 3 aromatic rings. The molecule has 0 atom stereocenters. The van der Waals surface area contributed by atoms with Crippen molar-refractivity contribution in [3.8, 4) is 11.5 Å². The smallest absolute Gasteiger partial charge is 0.294 e. The average molecular weight is 489 g/mol. The number of rotatable bonds is 9. The number of ether oxygens (including phenoxy) is 2. The zero-order valence-electron chi connectivity index (χ0n) is 19.1. The third-order valence-corrected chi connectivity index (χ3v) is 5.94. The molecule has 0 aromatic heterocycles. The second kappa shape index (κ2) is 11.4. The quantitative estimate of drug-likeness (QED) is 0.332. The Kier molecular flexibility index (Phi) is 7.84. The van der Waals surface area contributed by atoms with Crippen LogP contribution in [0.2, 0.25) is 0 Å². The second-order valence-electron chi connectivity index (χ2n) is 7.76. The number of aryl methyl sites for hydroxylation is 1. The summed E-state index contributed by atoms with van der Waals surface area (Å²) in [4.78, 5) is 38.6. The molecule has 35 heavy (non-hydrogen) atoms. The maximum absolute atomic E-state index is 12.7. The van der Waals surface area contributed by atoms with E-state index in [1.54, 1.807) is 42.5 Å². The van der Waals surface area contributed by atoms with E-state index in [0.29, 0.717) is 30.2 Å². The van der Waals surface area contributed by atoms with Crippen LogP contribution in [0, 0.1) is 6.92 Å². The first-order chi connectivity index (χ1) is 17.0. The molecule has 1 fully saturated rings. The number of carbonyl (C=O) groups excluding carboxylic acids is 3. The molecule has 178 valence electrons. The number of amides is 3. The monoisotopic (exact) mass is 488 g/mol. The normalized spacial score (nSPS) is 14.3. The summed E-state index contributed by atoms with van der Waals surface area (Å²) in [6.07, 6.45) is 1.62. The first-order valence-electron chi connectivity index (χ1n) is 11.0. The zero-order chi connectivity index (χ0) is 24.6. The van der Waals surface area contributed by atoms with Gasteiger partial charge in [0, 0.05) is 5.69 Å². The number of imide groups is 1. The van der Waals surface area contributed by atoms with Crippen LogP contribution in [0.3, 0.4) is 0 Å². The van der Waals surface area contributed by atoms with Gasteiger partial charge in [-0.15, -0.1) is 0 Å². The molecule has 0 radical (unpaired) electrons. The Labute approximate surface area is 207 Å². The number of hydrogen-bond acceptors (Lipinski definition) is 6. The van der Waals surface area contributed by atoms with Gasteiger partial charge in [0.1, 0.15) is 31.3 Å². The zero-order valence-corrected chi connectivity index (χ0v) is 19.9. The fourth-order valence-corrected chi connectivity index (χ4v) is 4.14. The largest absolute Gasteiger partial charge is 0.490 e. The average Bonchev–Trinajstić information content (AvgIpc) is 3.11. The Bertz CT molecular complexity index is 1240. The number of nitrogens with zero attached hydrogens (tertiary/aromatic N) is 1. The lowest BCUT2D eigenvalue weighted by Gasteiger charge is -2.12. The highest BCUT2D eigenvalue weighted by atomic mass is 32.2. The van der Waals surface area contributed by atoms with E-state index < -0.39 is 17.1 Å². The standard InChI is InChI=1S/C27H24N2O5S/c1-19-10-12-22(13-11-19)33-14-15-34-23-9-5-6-20(16-23)17-24-26(31)29(27(32)35-24)18-25(30)28-21-7-3-2-4-8-21/h2-13,16-17H,14-15,18H2,1H3,(H,28,30)/b24-17-. The van der Waals surface area contributed by atoms with Crippen LogP contribution in [-0.4, -0.2) is 41.7 Å². The molecule has 1 aliphatic heterocycles. The highest BCUT2D eigenvalue weighted by molar-refractivity contribution is 8.18. The Morgan fingerprint density at radius 1 is 0.914 bits per heavy atom. The lowest BCUT2D eigenvalue weighted by Crippen LogP contribution is -2.36. The summed E-state index contributed by atoms with van der Waals surface area (Å²) < 4.78 is 11.4. The summed E-state index contributed by atoms with van der Waals surface area (Å²) in [5.74, 6) is 0.456. The number of anilines is 1. The van der Waals surface area contributed by atoms with Crippen molar-refractivity contribution in [3.63, 3.8) is 0 Å². The molecular formula is C27H24N2O5S. The van der Waals surface area contributed by atoms with Gasteiger partial charge in [-0.3, -0.25) is 19.3 Å². The van der Waals surface area contributed by atoms with Crippen LogP contribution in [0.4, 0.5) is 10.5 Å². The van der Waals surface area contributed by atoms with Gasteiger partial charge >= 0.3 is 0 Å². The van der Waals surface area contributed by atoms with Crippen molar-refractivity contribution >= 4 is 40.6 Å². The predicted molar refractivity (Wildman–Crippen MR) is 136 cm³/mol. The summed E-state index contributed by atoms with van der Waals surface area (Å²) in [5.41, 5.74) is 2.47. The molecule has 1 heterocycles. The number of para-hydroxylation sites is 1. The Morgan fingerprint density at radius 2 is 1.63 bits per heavy atom. The summed E-state index contributed by atoms with van der Waals surface area (Å²) in [6.45, 7) is 2.41. The molecule has 3 amide bonds. The van der Waals surface area contributed by atoms with E-state index in [1.165, 1.54) is 5.56 Å². The molecule has 0 saturated carbocycles. The van der Waals surface area contributed by atoms with Crippen LogP contribution in [0.1, 0.15) is 11.1 Å². The Balaban J connectivity index is 1.32. The van der Waals surface area contributed by atoms with E-state index in [4.69, 9.17) is 9.47 Å². The van der Waals surface area contributed by atoms with Gasteiger partial charge in [-0.25, -0.2) is 0 Å². The van der Waals surface area contributed by atoms with Crippen LogP contribution in [-0.2, 0) is 9.59 Å². The fraction of sp³-hybridized carbons (Fsp3) is 0.148. The molecule has 1 N–H and O–H groups in total. The van der Waals surface area contributed by atoms with Crippen molar-refractivity contribution in [2.45, 2.75) is 6.92 Å². The molecule has 1 saturated heterocycles. The third kappa shape index (κ3) is 6.74. The lowest BCUT2D eigenvalue weighted by molar-refractivity contribution is -0.127. The van der Waals surface area contributed by atoms with Crippen molar-refractivity contribution in [1.29, 1.82) is 0 Å². The summed E-state index contributed by atoms with van der Waals surface area (Å²) in [5, 5.41) is 2.20. The predicted octanol–water partition coefficient (Wildman–Crippen LogP) is 5.13. The molecule has 8 heteroatoms. The first-order valence-corrected chi connectivity index (χ1v) is 11.8. The molecule has 3 aromatic carbocycles. The highest BCUT2D eigenvalue weighted by Crippen LogP contribution is 2.32. The van der Waals surface area contributed by atoms with Gasteiger partial charge in [-0.2, -0.15) is 0 Å². The molecule has 1 aliphatic rings. The number of hydrogen-bond donors (Lipinski definition) is 1. The summed E-state index contributed by atoms with van der Waals surface area (Å²) >= 11 is 0.809. The molecule has 4 rings (SSSR count). The fourth-order valence-electron chi connectivity index (χ4n) is 3.30. The van der Waals surface area contributed by atoms with Gasteiger partial charge in [0.15, 0.2) is 0 Å². The van der Waals surface area contributed by atoms with Gasteiger partial charge in [0.2, 0.25) is 5.91 Å². The van der Waals surface area contributed by atoms with Crippen LogP contribution in [0.25, 0.3) is 6.08 Å². The third-order valence-electron chi connectivity index (χ3n) is 5.03. The Hall–Kier alpha value is -4.04. The summed E-state index contributed by atoms with van der Waals surface area (Å²) in [7, 11) is 0. The van der Waals surface area contributed by atoms with E-state index in [2.05, 4.69) is 5.32 Å². The SMILES string of the molecule is Cc1ccc(OCCOc2cccc(/C=C3\SC(=O)N(CC(=O)Nc4ccccc4)C3=O)c2)cc1. The topological polar surface area (TPSA) is 84.9 Å². The van der Waals surface area contributed by atoms with Crippen molar-refractivity contribution in [3.05, 3.63) is 94.9 Å². The van der Waals surface area contributed by atoms with Gasteiger partial charge < -0.3 is 14.8 Å². The van der Waals surface area contributed by atoms with Crippen molar-refractivity contribution in [2.75, 3.05) is 25.1 Å².